The summed E-state index contributed by atoms with van der Waals surface area (Å²) in [5, 5.41) is 3.47. The van der Waals surface area contributed by atoms with E-state index in [0.29, 0.717) is 19.2 Å². The average Bonchev–Trinajstić information content (AvgIpc) is 2.76. The molecule has 182 valence electrons. The smallest absolute Gasteiger partial charge is 0.194 e. The summed E-state index contributed by atoms with van der Waals surface area (Å²) < 4.78 is 11.5. The molecule has 2 fully saturated rings. The molecule has 2 heterocycles. The molecule has 0 saturated carbocycles. The van der Waals surface area contributed by atoms with Crippen LogP contribution in [0.25, 0.3) is 0 Å². The lowest BCUT2D eigenvalue weighted by Crippen LogP contribution is -2.72. The monoisotopic (exact) mass is 558 g/mol. The van der Waals surface area contributed by atoms with Crippen LogP contribution in [0.3, 0.4) is 0 Å². The van der Waals surface area contributed by atoms with E-state index in [1.807, 2.05) is 6.07 Å². The van der Waals surface area contributed by atoms with E-state index >= 15 is 0 Å². The van der Waals surface area contributed by atoms with Crippen molar-refractivity contribution >= 4 is 29.9 Å². The highest BCUT2D eigenvalue weighted by Gasteiger charge is 2.53. The Labute approximate surface area is 212 Å². The molecule has 0 amide bonds. The lowest BCUT2D eigenvalue weighted by molar-refractivity contribution is -0.0667. The van der Waals surface area contributed by atoms with Crippen LogP contribution >= 0.6 is 24.0 Å². The number of likely N-dealkylation sites (N-methyl/N-ethyl adjacent to an activating group) is 1. The molecule has 2 aliphatic rings. The first kappa shape index (κ1) is 27.2. The highest BCUT2D eigenvalue weighted by Crippen LogP contribution is 2.46. The van der Waals surface area contributed by atoms with E-state index in [9.17, 15) is 0 Å². The molecular weight excluding hydrogens is 515 g/mol. The fraction of sp³-hybridized carbons (Fsp3) is 0.720. The van der Waals surface area contributed by atoms with Crippen molar-refractivity contribution in [2.24, 2.45) is 10.4 Å². The SMILES string of the molecule is CCNC(=NCc1cccc(OCCN(C)C2CCOCC2)c1)N1CC(C)(C)C1(C)C.I. The van der Waals surface area contributed by atoms with Crippen molar-refractivity contribution in [1.82, 2.24) is 15.1 Å². The van der Waals surface area contributed by atoms with Gasteiger partial charge in [-0.2, -0.15) is 0 Å². The van der Waals surface area contributed by atoms with Gasteiger partial charge in [-0.05, 0) is 58.4 Å². The van der Waals surface area contributed by atoms with E-state index in [1.165, 1.54) is 5.56 Å². The Morgan fingerprint density at radius 1 is 1.25 bits per heavy atom. The molecule has 0 bridgehead atoms. The summed E-state index contributed by atoms with van der Waals surface area (Å²) in [6.07, 6.45) is 2.23. The van der Waals surface area contributed by atoms with Crippen LogP contribution in [0, 0.1) is 5.41 Å². The number of rotatable bonds is 8. The second kappa shape index (κ2) is 11.9. The topological polar surface area (TPSA) is 49.3 Å². The van der Waals surface area contributed by atoms with Crippen LogP contribution in [-0.4, -0.2) is 73.8 Å². The quantitative estimate of drug-likeness (QED) is 0.292. The van der Waals surface area contributed by atoms with E-state index in [2.05, 4.69) is 75.0 Å². The van der Waals surface area contributed by atoms with Crippen LogP contribution in [0.2, 0.25) is 0 Å². The van der Waals surface area contributed by atoms with Crippen LogP contribution in [-0.2, 0) is 11.3 Å². The van der Waals surface area contributed by atoms with Crippen LogP contribution < -0.4 is 10.1 Å². The molecule has 32 heavy (non-hydrogen) atoms. The van der Waals surface area contributed by atoms with Crippen molar-refractivity contribution in [2.45, 2.75) is 65.6 Å². The lowest BCUT2D eigenvalue weighted by Gasteiger charge is -2.62. The lowest BCUT2D eigenvalue weighted by atomic mass is 9.65. The maximum Gasteiger partial charge on any atom is 0.194 e. The molecule has 1 N–H and O–H groups in total. The Morgan fingerprint density at radius 2 is 1.97 bits per heavy atom. The molecule has 0 unspecified atom stereocenters. The van der Waals surface area contributed by atoms with Gasteiger partial charge in [0.2, 0.25) is 0 Å². The summed E-state index contributed by atoms with van der Waals surface area (Å²) >= 11 is 0. The number of aliphatic imine (C=N–C) groups is 1. The summed E-state index contributed by atoms with van der Waals surface area (Å²) in [4.78, 5) is 9.72. The summed E-state index contributed by atoms with van der Waals surface area (Å²) in [6, 6.07) is 8.95. The van der Waals surface area contributed by atoms with E-state index in [1.54, 1.807) is 0 Å². The van der Waals surface area contributed by atoms with Crippen molar-refractivity contribution in [1.29, 1.82) is 0 Å². The van der Waals surface area contributed by atoms with E-state index in [0.717, 1.165) is 57.4 Å². The van der Waals surface area contributed by atoms with Gasteiger partial charge in [0.1, 0.15) is 12.4 Å². The molecule has 1 aromatic carbocycles. The molecule has 0 atom stereocenters. The van der Waals surface area contributed by atoms with E-state index in [4.69, 9.17) is 14.5 Å². The largest absolute Gasteiger partial charge is 0.492 e. The molecule has 0 aliphatic carbocycles. The van der Waals surface area contributed by atoms with Crippen LogP contribution in [0.4, 0.5) is 0 Å². The fourth-order valence-corrected chi connectivity index (χ4v) is 4.31. The van der Waals surface area contributed by atoms with Crippen molar-refractivity contribution in [3.05, 3.63) is 29.8 Å². The third-order valence-corrected chi connectivity index (χ3v) is 7.31. The van der Waals surface area contributed by atoms with Crippen molar-refractivity contribution in [3.8, 4) is 5.75 Å². The van der Waals surface area contributed by atoms with Gasteiger partial charge in [-0.25, -0.2) is 4.99 Å². The minimum absolute atomic E-state index is 0. The predicted molar refractivity (Wildman–Crippen MR) is 143 cm³/mol. The zero-order valence-corrected chi connectivity index (χ0v) is 23.1. The molecular formula is C25H43IN4O2. The first-order valence-electron chi connectivity index (χ1n) is 11.8. The fourth-order valence-electron chi connectivity index (χ4n) is 4.31. The van der Waals surface area contributed by atoms with Crippen molar-refractivity contribution in [2.75, 3.05) is 46.5 Å². The molecule has 0 aromatic heterocycles. The van der Waals surface area contributed by atoms with Crippen LogP contribution in [0.5, 0.6) is 5.75 Å². The van der Waals surface area contributed by atoms with Gasteiger partial charge in [0.15, 0.2) is 5.96 Å². The maximum atomic E-state index is 6.06. The number of ether oxygens (including phenoxy) is 2. The Morgan fingerprint density at radius 3 is 2.59 bits per heavy atom. The molecule has 1 aromatic rings. The number of likely N-dealkylation sites (tertiary alicyclic amines) is 1. The van der Waals surface area contributed by atoms with Gasteiger partial charge in [-0.1, -0.05) is 26.0 Å². The van der Waals surface area contributed by atoms with E-state index < -0.39 is 0 Å². The van der Waals surface area contributed by atoms with Crippen molar-refractivity contribution in [3.63, 3.8) is 0 Å². The normalized spacial score (nSPS) is 20.5. The number of halogens is 1. The van der Waals surface area contributed by atoms with Crippen molar-refractivity contribution < 1.29 is 9.47 Å². The first-order chi connectivity index (χ1) is 14.7. The Bertz CT molecular complexity index is 747. The summed E-state index contributed by atoms with van der Waals surface area (Å²) in [5.74, 6) is 1.92. The van der Waals surface area contributed by atoms with Gasteiger partial charge in [0, 0.05) is 49.8 Å². The molecule has 3 rings (SSSR count). The number of guanidine groups is 1. The van der Waals surface area contributed by atoms with Gasteiger partial charge < -0.3 is 19.7 Å². The minimum Gasteiger partial charge on any atom is -0.492 e. The predicted octanol–water partition coefficient (Wildman–Crippen LogP) is 4.38. The third-order valence-electron chi connectivity index (χ3n) is 7.31. The minimum atomic E-state index is 0. The second-order valence-electron chi connectivity index (χ2n) is 10.0. The van der Waals surface area contributed by atoms with Gasteiger partial charge >= 0.3 is 0 Å². The second-order valence-corrected chi connectivity index (χ2v) is 10.0. The van der Waals surface area contributed by atoms with Gasteiger partial charge in [-0.3, -0.25) is 4.90 Å². The molecule has 0 radical (unpaired) electrons. The summed E-state index contributed by atoms with van der Waals surface area (Å²) in [7, 11) is 2.19. The number of benzene rings is 1. The van der Waals surface area contributed by atoms with Crippen LogP contribution in [0.1, 0.15) is 53.0 Å². The summed E-state index contributed by atoms with van der Waals surface area (Å²) in [6.45, 7) is 17.3. The summed E-state index contributed by atoms with van der Waals surface area (Å²) in [5.41, 5.74) is 1.55. The molecule has 7 heteroatoms. The van der Waals surface area contributed by atoms with E-state index in [-0.39, 0.29) is 34.9 Å². The number of nitrogens with one attached hydrogen (secondary N) is 1. The van der Waals surface area contributed by atoms with Gasteiger partial charge in [0.25, 0.3) is 0 Å². The third kappa shape index (κ3) is 6.50. The standard InChI is InChI=1S/C25H42N4O2.HI/c1-7-26-23(29-19-24(2,3)25(29,4)5)27-18-20-9-8-10-22(17-20)31-16-13-28(6)21-11-14-30-15-12-21;/h8-10,17,21H,7,11-16,18-19H2,1-6H3,(H,26,27);1H. The number of nitrogens with zero attached hydrogens (tertiary/aromatic N) is 3. The Kier molecular flexibility index (Phi) is 10.1. The molecule has 6 nitrogen and oxygen atoms in total. The average molecular weight is 559 g/mol. The molecule has 2 saturated heterocycles. The maximum absolute atomic E-state index is 6.06. The number of hydrogen-bond donors (Lipinski definition) is 1. The van der Waals surface area contributed by atoms with Crippen LogP contribution in [0.15, 0.2) is 29.3 Å². The highest BCUT2D eigenvalue weighted by molar-refractivity contribution is 14.0. The zero-order valence-electron chi connectivity index (χ0n) is 20.8. The van der Waals surface area contributed by atoms with Gasteiger partial charge in [0.05, 0.1) is 6.54 Å². The molecule has 0 spiro atoms. The first-order valence-corrected chi connectivity index (χ1v) is 11.8. The zero-order chi connectivity index (χ0) is 22.5. The number of hydrogen-bond acceptors (Lipinski definition) is 4. The molecule has 2 aliphatic heterocycles. The Balaban J connectivity index is 0.00000363. The highest BCUT2D eigenvalue weighted by atomic mass is 127. The Hall–Kier alpha value is -1.06. The van der Waals surface area contributed by atoms with Gasteiger partial charge in [-0.15, -0.1) is 24.0 Å².